The van der Waals surface area contributed by atoms with Crippen molar-refractivity contribution in [3.63, 3.8) is 0 Å². The van der Waals surface area contributed by atoms with Gasteiger partial charge in [0.2, 0.25) is 0 Å². The molecule has 3 nitrogen and oxygen atoms in total. The molecular weight excluding hydrogens is 304 g/mol. The summed E-state index contributed by atoms with van der Waals surface area (Å²) in [7, 11) is 0. The first-order valence-electron chi connectivity index (χ1n) is 6.08. The van der Waals surface area contributed by atoms with E-state index in [1.165, 1.54) is 0 Å². The summed E-state index contributed by atoms with van der Waals surface area (Å²) < 4.78 is 6.73. The summed E-state index contributed by atoms with van der Waals surface area (Å²) in [6, 6.07) is 13.9. The molecule has 0 aliphatic heterocycles. The third kappa shape index (κ3) is 2.41. The van der Waals surface area contributed by atoms with Crippen LogP contribution in [0.3, 0.4) is 0 Å². The minimum absolute atomic E-state index is 0.528. The second kappa shape index (κ2) is 5.15. The Bertz CT molecular complexity index is 721. The van der Waals surface area contributed by atoms with Gasteiger partial charge in [-0.25, -0.2) is 4.98 Å². The van der Waals surface area contributed by atoms with Crippen molar-refractivity contribution in [1.29, 1.82) is 0 Å². The van der Waals surface area contributed by atoms with Crippen molar-refractivity contribution in [2.24, 2.45) is 5.73 Å². The minimum atomic E-state index is 0.528. The van der Waals surface area contributed by atoms with Crippen molar-refractivity contribution in [2.75, 3.05) is 0 Å². The molecule has 0 radical (unpaired) electrons. The fraction of sp³-hybridized carbons (Fsp3) is 0.133. The van der Waals surface area contributed by atoms with E-state index in [1.54, 1.807) is 0 Å². The normalized spacial score (nSPS) is 11.1. The van der Waals surface area contributed by atoms with Crippen LogP contribution in [0.25, 0.3) is 11.1 Å². The molecule has 2 aromatic carbocycles. The zero-order chi connectivity index (χ0) is 13.2. The standard InChI is InChI=1S/C15H13BrN2O/c16-12-6-3-7-13-15(12)19-14(18-13)8-10-4-1-2-5-11(10)9-17/h1-7H,8-9,17H2. The fourth-order valence-corrected chi connectivity index (χ4v) is 2.57. The van der Waals surface area contributed by atoms with E-state index in [1.807, 2.05) is 36.4 Å². The Labute approximate surface area is 119 Å². The molecule has 3 aromatic rings. The van der Waals surface area contributed by atoms with Gasteiger partial charge in [-0.1, -0.05) is 30.3 Å². The van der Waals surface area contributed by atoms with Crippen molar-refractivity contribution >= 4 is 27.0 Å². The van der Waals surface area contributed by atoms with E-state index in [9.17, 15) is 0 Å². The van der Waals surface area contributed by atoms with Crippen molar-refractivity contribution < 1.29 is 4.42 Å². The molecule has 0 aliphatic rings. The molecule has 1 aromatic heterocycles. The number of para-hydroxylation sites is 1. The maximum Gasteiger partial charge on any atom is 0.199 e. The Morgan fingerprint density at radius 2 is 1.84 bits per heavy atom. The Balaban J connectivity index is 1.99. The molecular formula is C15H13BrN2O. The second-order valence-corrected chi connectivity index (χ2v) is 5.20. The zero-order valence-corrected chi connectivity index (χ0v) is 11.9. The summed E-state index contributed by atoms with van der Waals surface area (Å²) >= 11 is 3.47. The second-order valence-electron chi connectivity index (χ2n) is 4.35. The van der Waals surface area contributed by atoms with Crippen molar-refractivity contribution in [3.05, 3.63) is 64.0 Å². The number of fused-ring (bicyclic) bond motifs is 1. The zero-order valence-electron chi connectivity index (χ0n) is 10.3. The average Bonchev–Trinajstić information content (AvgIpc) is 2.83. The maximum atomic E-state index is 5.80. The van der Waals surface area contributed by atoms with E-state index >= 15 is 0 Å². The van der Waals surface area contributed by atoms with Gasteiger partial charge in [0, 0.05) is 13.0 Å². The molecule has 4 heteroatoms. The third-order valence-corrected chi connectivity index (χ3v) is 3.72. The van der Waals surface area contributed by atoms with E-state index in [4.69, 9.17) is 10.2 Å². The number of hydrogen-bond donors (Lipinski definition) is 1. The molecule has 19 heavy (non-hydrogen) atoms. The monoisotopic (exact) mass is 316 g/mol. The minimum Gasteiger partial charge on any atom is -0.439 e. The van der Waals surface area contributed by atoms with E-state index in [0.29, 0.717) is 18.9 Å². The lowest BCUT2D eigenvalue weighted by molar-refractivity contribution is 0.542. The lowest BCUT2D eigenvalue weighted by Crippen LogP contribution is -2.01. The van der Waals surface area contributed by atoms with Crippen LogP contribution in [0.4, 0.5) is 0 Å². The van der Waals surface area contributed by atoms with E-state index in [2.05, 4.69) is 27.0 Å². The van der Waals surface area contributed by atoms with Crippen LogP contribution in [0.2, 0.25) is 0 Å². The van der Waals surface area contributed by atoms with Crippen LogP contribution in [0, 0.1) is 0 Å². The average molecular weight is 317 g/mol. The Morgan fingerprint density at radius 3 is 2.58 bits per heavy atom. The Kier molecular flexibility index (Phi) is 3.36. The van der Waals surface area contributed by atoms with Crippen LogP contribution in [-0.4, -0.2) is 4.98 Å². The molecule has 0 atom stereocenters. The van der Waals surface area contributed by atoms with E-state index < -0.39 is 0 Å². The molecule has 0 saturated carbocycles. The lowest BCUT2D eigenvalue weighted by Gasteiger charge is -2.04. The SMILES string of the molecule is NCc1ccccc1Cc1nc2cccc(Br)c2o1. The van der Waals surface area contributed by atoms with E-state index in [-0.39, 0.29) is 0 Å². The molecule has 96 valence electrons. The van der Waals surface area contributed by atoms with Crippen LogP contribution in [0.5, 0.6) is 0 Å². The summed E-state index contributed by atoms with van der Waals surface area (Å²) in [6.07, 6.45) is 0.661. The maximum absolute atomic E-state index is 5.80. The highest BCUT2D eigenvalue weighted by Gasteiger charge is 2.10. The van der Waals surface area contributed by atoms with Gasteiger partial charge < -0.3 is 10.2 Å². The van der Waals surface area contributed by atoms with Crippen LogP contribution >= 0.6 is 15.9 Å². The van der Waals surface area contributed by atoms with Crippen molar-refractivity contribution in [1.82, 2.24) is 4.98 Å². The van der Waals surface area contributed by atoms with Crippen molar-refractivity contribution in [2.45, 2.75) is 13.0 Å². The number of benzene rings is 2. The third-order valence-electron chi connectivity index (χ3n) is 3.09. The predicted octanol–water partition coefficient (Wildman–Crippen LogP) is 3.64. The number of oxazole rings is 1. The van der Waals surface area contributed by atoms with Gasteiger partial charge in [0.1, 0.15) is 5.52 Å². The van der Waals surface area contributed by atoms with Gasteiger partial charge in [0.15, 0.2) is 11.5 Å². The topological polar surface area (TPSA) is 52.0 Å². The Hall–Kier alpha value is -1.65. The van der Waals surface area contributed by atoms with E-state index in [0.717, 1.165) is 26.7 Å². The predicted molar refractivity (Wildman–Crippen MR) is 78.8 cm³/mol. The first kappa shape index (κ1) is 12.4. The molecule has 3 rings (SSSR count). The van der Waals surface area contributed by atoms with Crippen LogP contribution in [0.1, 0.15) is 17.0 Å². The highest BCUT2D eigenvalue weighted by atomic mass is 79.9. The molecule has 0 spiro atoms. The number of nitrogens with two attached hydrogens (primary N) is 1. The molecule has 0 saturated heterocycles. The largest absolute Gasteiger partial charge is 0.439 e. The molecule has 0 bridgehead atoms. The molecule has 0 amide bonds. The fourth-order valence-electron chi connectivity index (χ4n) is 2.13. The number of nitrogens with zero attached hydrogens (tertiary/aromatic N) is 1. The van der Waals surface area contributed by atoms with Gasteiger partial charge in [-0.2, -0.15) is 0 Å². The van der Waals surface area contributed by atoms with Gasteiger partial charge in [-0.3, -0.25) is 0 Å². The van der Waals surface area contributed by atoms with Crippen LogP contribution < -0.4 is 5.73 Å². The van der Waals surface area contributed by atoms with Crippen LogP contribution in [-0.2, 0) is 13.0 Å². The summed E-state index contributed by atoms with van der Waals surface area (Å²) in [5, 5.41) is 0. The summed E-state index contributed by atoms with van der Waals surface area (Å²) in [5.74, 6) is 0.711. The quantitative estimate of drug-likeness (QED) is 0.802. The first-order valence-corrected chi connectivity index (χ1v) is 6.88. The number of rotatable bonds is 3. The Morgan fingerprint density at radius 1 is 1.05 bits per heavy atom. The number of aromatic nitrogens is 1. The molecule has 0 aliphatic carbocycles. The summed E-state index contributed by atoms with van der Waals surface area (Å²) in [5.41, 5.74) is 9.70. The van der Waals surface area contributed by atoms with Gasteiger partial charge in [-0.05, 0) is 39.2 Å². The highest BCUT2D eigenvalue weighted by Crippen LogP contribution is 2.25. The first-order chi connectivity index (χ1) is 9.28. The molecule has 2 N–H and O–H groups in total. The highest BCUT2D eigenvalue weighted by molar-refractivity contribution is 9.10. The molecule has 0 fully saturated rings. The van der Waals surface area contributed by atoms with Gasteiger partial charge in [-0.15, -0.1) is 0 Å². The lowest BCUT2D eigenvalue weighted by atomic mass is 10.0. The van der Waals surface area contributed by atoms with Crippen LogP contribution in [0.15, 0.2) is 51.4 Å². The molecule has 1 heterocycles. The molecule has 0 unspecified atom stereocenters. The number of hydrogen-bond acceptors (Lipinski definition) is 3. The van der Waals surface area contributed by atoms with Gasteiger partial charge in [0.05, 0.1) is 4.47 Å². The van der Waals surface area contributed by atoms with Gasteiger partial charge in [0.25, 0.3) is 0 Å². The summed E-state index contributed by atoms with van der Waals surface area (Å²) in [4.78, 5) is 4.51. The van der Waals surface area contributed by atoms with Crippen molar-refractivity contribution in [3.8, 4) is 0 Å². The number of halogens is 1. The summed E-state index contributed by atoms with van der Waals surface area (Å²) in [6.45, 7) is 0.528. The smallest absolute Gasteiger partial charge is 0.199 e. The van der Waals surface area contributed by atoms with Gasteiger partial charge >= 0.3 is 0 Å².